The molecule has 2 unspecified atom stereocenters. The molecule has 4 aromatic rings. The lowest BCUT2D eigenvalue weighted by atomic mass is 9.90. The van der Waals surface area contributed by atoms with E-state index >= 15 is 4.39 Å². The lowest BCUT2D eigenvalue weighted by molar-refractivity contribution is 0.107. The summed E-state index contributed by atoms with van der Waals surface area (Å²) in [5.41, 5.74) is 1.21. The molecule has 2 N–H and O–H groups in total. The quantitative estimate of drug-likeness (QED) is 0.318. The molecule has 4 saturated heterocycles. The average molecular weight is 597 g/mol. The van der Waals surface area contributed by atoms with Gasteiger partial charge in [0, 0.05) is 49.1 Å². The summed E-state index contributed by atoms with van der Waals surface area (Å²) >= 11 is 0. The van der Waals surface area contributed by atoms with E-state index in [4.69, 9.17) is 9.72 Å². The van der Waals surface area contributed by atoms with Gasteiger partial charge in [-0.1, -0.05) is 18.2 Å². The molecular weight excluding hydrogens is 562 g/mol. The number of ether oxygens (including phenoxy) is 1. The van der Waals surface area contributed by atoms with Gasteiger partial charge in [-0.25, -0.2) is 8.78 Å². The molecule has 0 amide bonds. The van der Waals surface area contributed by atoms with E-state index in [1.165, 1.54) is 6.07 Å². The molecule has 4 aliphatic rings. The Morgan fingerprint density at radius 2 is 1.98 bits per heavy atom. The van der Waals surface area contributed by atoms with Crippen LogP contribution in [0.5, 0.6) is 11.8 Å². The van der Waals surface area contributed by atoms with Crippen LogP contribution in [0.4, 0.5) is 14.6 Å². The Labute approximate surface area is 254 Å². The van der Waals surface area contributed by atoms with Crippen molar-refractivity contribution in [3.05, 3.63) is 53.3 Å². The number of fused-ring (bicyclic) bond motifs is 5. The van der Waals surface area contributed by atoms with E-state index in [0.717, 1.165) is 48.6 Å². The summed E-state index contributed by atoms with van der Waals surface area (Å²) in [5.74, 6) is -0.141. The second-order valence-corrected chi connectivity index (χ2v) is 13.0. The van der Waals surface area contributed by atoms with Gasteiger partial charge in [0.25, 0.3) is 0 Å². The Morgan fingerprint density at radius 1 is 1.16 bits per heavy atom. The summed E-state index contributed by atoms with van der Waals surface area (Å²) in [5, 5.41) is 26.5. The number of nitrogens with zero attached hydrogens (tertiary/aromatic N) is 5. The number of phenolic OH excluding ortho intramolecular Hbond substituents is 1. The number of alkyl halides is 1. The SMILES string of the molecule is Cc1cccc2cc(O)cc(-c3c(C#N)cc4c(N5CC6CCC(C5)N6)nc(OC[C@@]56CCCN5C[C@H](F)C6)nc4c3F)c12. The standard InChI is InChI=1S/C34H34F2N6O2/c1-19-4-2-5-20-10-25(43)12-26(28(19)20)29-21(14-37)11-27-31(30(29)36)39-33(40-32(27)41-16-23-6-7-24(17-41)38-23)44-18-34-8-3-9-42(34)15-22(35)13-34/h2,4-5,10-12,22-24,38,43H,3,6-9,13,15-18H2,1H3/t22-,23?,24?,34+/m1/s1. The van der Waals surface area contributed by atoms with Crippen molar-refractivity contribution in [2.24, 2.45) is 0 Å². The van der Waals surface area contributed by atoms with Crippen LogP contribution in [0.2, 0.25) is 0 Å². The van der Waals surface area contributed by atoms with Crippen molar-refractivity contribution in [1.29, 1.82) is 5.26 Å². The highest BCUT2D eigenvalue weighted by Gasteiger charge is 2.49. The number of aromatic nitrogens is 2. The fourth-order valence-electron chi connectivity index (χ4n) is 8.26. The molecule has 1 aromatic heterocycles. The maximum Gasteiger partial charge on any atom is 0.319 e. The van der Waals surface area contributed by atoms with Gasteiger partial charge in [0.1, 0.15) is 29.9 Å². The topological polar surface area (TPSA) is 97.5 Å². The number of piperazine rings is 1. The number of rotatable bonds is 5. The Bertz CT molecular complexity index is 1850. The van der Waals surface area contributed by atoms with Crippen LogP contribution in [0.15, 0.2) is 36.4 Å². The lowest BCUT2D eigenvalue weighted by Crippen LogP contribution is -2.51. The van der Waals surface area contributed by atoms with Crippen molar-refractivity contribution in [3.63, 3.8) is 0 Å². The third-order valence-corrected chi connectivity index (χ3v) is 10.2. The zero-order valence-corrected chi connectivity index (χ0v) is 24.6. The number of phenols is 1. The molecule has 4 atom stereocenters. The minimum atomic E-state index is -0.895. The zero-order valence-electron chi connectivity index (χ0n) is 24.6. The van der Waals surface area contributed by atoms with E-state index in [0.29, 0.717) is 54.9 Å². The van der Waals surface area contributed by atoms with Crippen molar-refractivity contribution in [2.75, 3.05) is 37.7 Å². The first-order valence-corrected chi connectivity index (χ1v) is 15.5. The Morgan fingerprint density at radius 3 is 2.77 bits per heavy atom. The number of aryl methyl sites for hydroxylation is 1. The molecule has 44 heavy (non-hydrogen) atoms. The highest BCUT2D eigenvalue weighted by Crippen LogP contribution is 2.43. The lowest BCUT2D eigenvalue weighted by Gasteiger charge is -2.34. The number of hydrogen-bond acceptors (Lipinski definition) is 8. The summed E-state index contributed by atoms with van der Waals surface area (Å²) < 4.78 is 37.8. The first-order chi connectivity index (χ1) is 21.3. The van der Waals surface area contributed by atoms with Gasteiger partial charge >= 0.3 is 6.01 Å². The summed E-state index contributed by atoms with van der Waals surface area (Å²) in [4.78, 5) is 13.8. The highest BCUT2D eigenvalue weighted by atomic mass is 19.1. The third-order valence-electron chi connectivity index (χ3n) is 10.2. The molecule has 2 bridgehead atoms. The molecule has 8 rings (SSSR count). The van der Waals surface area contributed by atoms with Crippen LogP contribution >= 0.6 is 0 Å². The van der Waals surface area contributed by atoms with Gasteiger partial charge in [0.05, 0.1) is 17.2 Å². The minimum Gasteiger partial charge on any atom is -0.508 e. The van der Waals surface area contributed by atoms with Crippen LogP contribution in [0.1, 0.15) is 43.2 Å². The first kappa shape index (κ1) is 27.5. The largest absolute Gasteiger partial charge is 0.508 e. The molecule has 0 radical (unpaired) electrons. The zero-order chi connectivity index (χ0) is 30.2. The van der Waals surface area contributed by atoms with Gasteiger partial charge in [-0.15, -0.1) is 0 Å². The summed E-state index contributed by atoms with van der Waals surface area (Å²) in [6.45, 7) is 4.80. The molecule has 226 valence electrons. The second kappa shape index (κ2) is 10.2. The van der Waals surface area contributed by atoms with E-state index in [9.17, 15) is 14.8 Å². The highest BCUT2D eigenvalue weighted by molar-refractivity contribution is 6.04. The van der Waals surface area contributed by atoms with Gasteiger partial charge in [-0.3, -0.25) is 4.90 Å². The van der Waals surface area contributed by atoms with Crippen LogP contribution in [0.25, 0.3) is 32.8 Å². The number of halogens is 2. The van der Waals surface area contributed by atoms with Crippen LogP contribution in [-0.4, -0.2) is 76.6 Å². The number of anilines is 1. The molecule has 0 saturated carbocycles. The van der Waals surface area contributed by atoms with E-state index in [-0.39, 0.29) is 35.0 Å². The van der Waals surface area contributed by atoms with Gasteiger partial charge in [-0.2, -0.15) is 15.2 Å². The molecule has 4 aliphatic heterocycles. The smallest absolute Gasteiger partial charge is 0.319 e. The number of nitriles is 1. The predicted octanol–water partition coefficient (Wildman–Crippen LogP) is 5.37. The summed E-state index contributed by atoms with van der Waals surface area (Å²) in [7, 11) is 0. The molecule has 0 aliphatic carbocycles. The van der Waals surface area contributed by atoms with E-state index < -0.39 is 17.5 Å². The molecule has 4 fully saturated rings. The number of hydrogen-bond donors (Lipinski definition) is 2. The van der Waals surface area contributed by atoms with Crippen molar-refractivity contribution < 1.29 is 18.6 Å². The predicted molar refractivity (Wildman–Crippen MR) is 164 cm³/mol. The number of aromatic hydroxyl groups is 1. The number of benzene rings is 3. The molecule has 3 aromatic carbocycles. The fraction of sp³-hybridized carbons (Fsp3) is 0.441. The Kier molecular flexibility index (Phi) is 6.40. The van der Waals surface area contributed by atoms with Crippen LogP contribution in [0, 0.1) is 24.1 Å². The van der Waals surface area contributed by atoms with Gasteiger partial charge in [0.15, 0.2) is 5.82 Å². The molecule has 5 heterocycles. The van der Waals surface area contributed by atoms with Crippen molar-refractivity contribution >= 4 is 27.5 Å². The van der Waals surface area contributed by atoms with Crippen molar-refractivity contribution in [1.82, 2.24) is 20.2 Å². The average Bonchev–Trinajstić information content (AvgIpc) is 3.65. The molecular formula is C34H34F2N6O2. The molecule has 0 spiro atoms. The van der Waals surface area contributed by atoms with Crippen molar-refractivity contribution in [2.45, 2.75) is 62.8 Å². The normalized spacial score (nSPS) is 26.4. The van der Waals surface area contributed by atoms with E-state index in [2.05, 4.69) is 26.2 Å². The maximum atomic E-state index is 17.0. The van der Waals surface area contributed by atoms with E-state index in [1.807, 2.05) is 25.1 Å². The van der Waals surface area contributed by atoms with Gasteiger partial charge < -0.3 is 20.1 Å². The summed E-state index contributed by atoms with van der Waals surface area (Å²) in [6.07, 6.45) is 3.44. The van der Waals surface area contributed by atoms with E-state index in [1.54, 1.807) is 12.1 Å². The van der Waals surface area contributed by atoms with Gasteiger partial charge in [0.2, 0.25) is 0 Å². The van der Waals surface area contributed by atoms with Crippen molar-refractivity contribution in [3.8, 4) is 29.0 Å². The fourth-order valence-corrected chi connectivity index (χ4v) is 8.26. The maximum absolute atomic E-state index is 17.0. The van der Waals surface area contributed by atoms with Crippen LogP contribution < -0.4 is 15.0 Å². The first-order valence-electron chi connectivity index (χ1n) is 15.5. The van der Waals surface area contributed by atoms with Crippen LogP contribution in [-0.2, 0) is 0 Å². The second-order valence-electron chi connectivity index (χ2n) is 13.0. The van der Waals surface area contributed by atoms with Gasteiger partial charge in [-0.05, 0) is 79.3 Å². The number of nitrogens with one attached hydrogen (secondary N) is 1. The molecule has 10 heteroatoms. The third kappa shape index (κ3) is 4.36. The minimum absolute atomic E-state index is 0.0201. The Hall–Kier alpha value is -4.07. The summed E-state index contributed by atoms with van der Waals surface area (Å²) in [6, 6.07) is 13.4. The monoisotopic (exact) mass is 596 g/mol. The molecule has 8 nitrogen and oxygen atoms in total. The Balaban J connectivity index is 1.31. The van der Waals surface area contributed by atoms with Crippen LogP contribution in [0.3, 0.4) is 0 Å².